The lowest BCUT2D eigenvalue weighted by Gasteiger charge is -2.27. The fourth-order valence-corrected chi connectivity index (χ4v) is 2.37. The molecule has 3 nitrogen and oxygen atoms in total. The van der Waals surface area contributed by atoms with Gasteiger partial charge in [0.25, 0.3) is 5.91 Å². The number of amides is 1. The van der Waals surface area contributed by atoms with Gasteiger partial charge in [-0.2, -0.15) is 0 Å². The monoisotopic (exact) mass is 326 g/mol. The molecule has 2 N–H and O–H groups in total. The van der Waals surface area contributed by atoms with Crippen molar-refractivity contribution in [2.24, 2.45) is 11.8 Å². The molecule has 0 saturated carbocycles. The maximum atomic E-state index is 12.6. The van der Waals surface area contributed by atoms with Crippen LogP contribution in [0.4, 0.5) is 5.69 Å². The fourth-order valence-electron chi connectivity index (χ4n) is 2.01. The maximum Gasteiger partial charge on any atom is 0.256 e. The zero-order valence-corrected chi connectivity index (χ0v) is 13.7. The second-order valence-corrected chi connectivity index (χ2v) is 6.65. The van der Waals surface area contributed by atoms with E-state index in [0.717, 1.165) is 17.6 Å². The van der Waals surface area contributed by atoms with Gasteiger partial charge in [0.1, 0.15) is 0 Å². The summed E-state index contributed by atoms with van der Waals surface area (Å²) < 4.78 is 0.874. The van der Waals surface area contributed by atoms with E-state index >= 15 is 0 Å². The Morgan fingerprint density at radius 1 is 1.21 bits per heavy atom. The number of nitrogens with two attached hydrogens (primary N) is 1. The molecule has 0 atom stereocenters. The van der Waals surface area contributed by atoms with E-state index in [9.17, 15) is 4.79 Å². The minimum atomic E-state index is 0.0150. The number of hydrogen-bond donors (Lipinski definition) is 1. The van der Waals surface area contributed by atoms with E-state index in [2.05, 4.69) is 43.6 Å². The molecular weight excluding hydrogens is 304 g/mol. The molecule has 0 heterocycles. The lowest BCUT2D eigenvalue weighted by molar-refractivity contribution is 0.0716. The third-order valence-electron chi connectivity index (χ3n) is 2.70. The third-order valence-corrected chi connectivity index (χ3v) is 3.20. The van der Waals surface area contributed by atoms with Crippen molar-refractivity contribution in [2.75, 3.05) is 18.8 Å². The Balaban J connectivity index is 3.00. The highest BCUT2D eigenvalue weighted by Gasteiger charge is 2.20. The molecule has 0 aromatic heterocycles. The molecule has 1 aromatic carbocycles. The number of benzene rings is 1. The van der Waals surface area contributed by atoms with E-state index in [-0.39, 0.29) is 5.91 Å². The van der Waals surface area contributed by atoms with E-state index in [0.29, 0.717) is 23.1 Å². The van der Waals surface area contributed by atoms with Gasteiger partial charge in [0, 0.05) is 23.2 Å². The van der Waals surface area contributed by atoms with Gasteiger partial charge in [0.15, 0.2) is 0 Å². The second kappa shape index (κ2) is 6.94. The summed E-state index contributed by atoms with van der Waals surface area (Å²) in [6, 6.07) is 5.41. The molecule has 0 aliphatic heterocycles. The van der Waals surface area contributed by atoms with E-state index in [1.54, 1.807) is 12.1 Å². The van der Waals surface area contributed by atoms with Crippen molar-refractivity contribution in [3.8, 4) is 0 Å². The average Bonchev–Trinajstić information content (AvgIpc) is 2.29. The highest BCUT2D eigenvalue weighted by molar-refractivity contribution is 9.10. The van der Waals surface area contributed by atoms with E-state index in [1.807, 2.05) is 11.0 Å². The number of rotatable bonds is 5. The number of carbonyl (C=O) groups excluding carboxylic acids is 1. The molecule has 0 fully saturated rings. The van der Waals surface area contributed by atoms with Crippen molar-refractivity contribution in [2.45, 2.75) is 27.7 Å². The largest absolute Gasteiger partial charge is 0.398 e. The highest BCUT2D eigenvalue weighted by Crippen LogP contribution is 2.21. The Morgan fingerprint density at radius 3 is 2.21 bits per heavy atom. The number of nitrogens with zero attached hydrogens (tertiary/aromatic N) is 1. The van der Waals surface area contributed by atoms with Gasteiger partial charge in [-0.25, -0.2) is 0 Å². The van der Waals surface area contributed by atoms with Gasteiger partial charge in [0.05, 0.1) is 5.56 Å². The molecule has 106 valence electrons. The van der Waals surface area contributed by atoms with Gasteiger partial charge in [-0.1, -0.05) is 43.6 Å². The molecule has 0 bridgehead atoms. The lowest BCUT2D eigenvalue weighted by Crippen LogP contribution is -2.37. The summed E-state index contributed by atoms with van der Waals surface area (Å²) in [5.41, 5.74) is 7.03. The first-order chi connectivity index (χ1) is 8.81. The number of carbonyl (C=O) groups is 1. The van der Waals surface area contributed by atoms with Gasteiger partial charge in [-0.05, 0) is 30.0 Å². The number of halogens is 1. The summed E-state index contributed by atoms with van der Waals surface area (Å²) in [7, 11) is 0. The first-order valence-corrected chi connectivity index (χ1v) is 7.44. The molecule has 0 aliphatic carbocycles. The van der Waals surface area contributed by atoms with E-state index < -0.39 is 0 Å². The Bertz CT molecular complexity index is 434. The van der Waals surface area contributed by atoms with Crippen LogP contribution in [0.25, 0.3) is 0 Å². The van der Waals surface area contributed by atoms with Gasteiger partial charge >= 0.3 is 0 Å². The van der Waals surface area contributed by atoms with Gasteiger partial charge in [0.2, 0.25) is 0 Å². The predicted octanol–water partition coefficient (Wildman–Crippen LogP) is 3.79. The van der Waals surface area contributed by atoms with E-state index in [4.69, 9.17) is 5.73 Å². The second-order valence-electron chi connectivity index (χ2n) is 5.73. The average molecular weight is 327 g/mol. The van der Waals surface area contributed by atoms with Gasteiger partial charge in [-0.3, -0.25) is 4.79 Å². The SMILES string of the molecule is CC(C)CN(CC(C)C)C(=O)c1cc(Br)ccc1N. The standard InChI is InChI=1S/C15H23BrN2O/c1-10(2)8-18(9-11(3)4)15(19)13-7-12(16)5-6-14(13)17/h5-7,10-11H,8-9,17H2,1-4H3. The summed E-state index contributed by atoms with van der Waals surface area (Å²) in [4.78, 5) is 14.5. The minimum Gasteiger partial charge on any atom is -0.398 e. The molecular formula is C15H23BrN2O. The molecule has 1 aromatic rings. The van der Waals surface area contributed by atoms with Crippen molar-refractivity contribution in [1.29, 1.82) is 0 Å². The summed E-state index contributed by atoms with van der Waals surface area (Å²) >= 11 is 3.39. The van der Waals surface area contributed by atoms with Crippen molar-refractivity contribution >= 4 is 27.5 Å². The van der Waals surface area contributed by atoms with Crippen LogP contribution in [0, 0.1) is 11.8 Å². The summed E-state index contributed by atoms with van der Waals surface area (Å²) in [5, 5.41) is 0. The quantitative estimate of drug-likeness (QED) is 0.837. The topological polar surface area (TPSA) is 46.3 Å². The lowest BCUT2D eigenvalue weighted by atomic mass is 10.1. The Hall–Kier alpha value is -1.03. The molecule has 0 aliphatic rings. The van der Waals surface area contributed by atoms with Gasteiger partial charge in [-0.15, -0.1) is 0 Å². The molecule has 0 saturated heterocycles. The zero-order chi connectivity index (χ0) is 14.6. The van der Waals surface area contributed by atoms with Crippen LogP contribution < -0.4 is 5.73 Å². The molecule has 1 amide bonds. The molecule has 0 unspecified atom stereocenters. The molecule has 0 spiro atoms. The van der Waals surface area contributed by atoms with Crippen molar-refractivity contribution < 1.29 is 4.79 Å². The van der Waals surface area contributed by atoms with Crippen molar-refractivity contribution in [3.05, 3.63) is 28.2 Å². The fraction of sp³-hybridized carbons (Fsp3) is 0.533. The smallest absolute Gasteiger partial charge is 0.256 e. The zero-order valence-electron chi connectivity index (χ0n) is 12.1. The highest BCUT2D eigenvalue weighted by atomic mass is 79.9. The van der Waals surface area contributed by atoms with Crippen LogP contribution >= 0.6 is 15.9 Å². The van der Waals surface area contributed by atoms with Crippen LogP contribution in [0.15, 0.2) is 22.7 Å². The van der Waals surface area contributed by atoms with Crippen molar-refractivity contribution in [3.63, 3.8) is 0 Å². The summed E-state index contributed by atoms with van der Waals surface area (Å²) in [6.07, 6.45) is 0. The molecule has 0 radical (unpaired) electrons. The van der Waals surface area contributed by atoms with Crippen LogP contribution in [0.1, 0.15) is 38.1 Å². The Labute approximate surface area is 124 Å². The Kier molecular flexibility index (Phi) is 5.85. The number of nitrogen functional groups attached to an aromatic ring is 1. The summed E-state index contributed by atoms with van der Waals surface area (Å²) in [6.45, 7) is 9.97. The number of anilines is 1. The van der Waals surface area contributed by atoms with Gasteiger partial charge < -0.3 is 10.6 Å². The van der Waals surface area contributed by atoms with Crippen LogP contribution in [-0.2, 0) is 0 Å². The molecule has 4 heteroatoms. The van der Waals surface area contributed by atoms with Crippen LogP contribution in [0.2, 0.25) is 0 Å². The molecule has 1 rings (SSSR count). The van der Waals surface area contributed by atoms with E-state index in [1.165, 1.54) is 0 Å². The normalized spacial score (nSPS) is 11.1. The summed E-state index contributed by atoms with van der Waals surface area (Å²) in [5.74, 6) is 0.897. The number of hydrogen-bond acceptors (Lipinski definition) is 2. The first-order valence-electron chi connectivity index (χ1n) is 6.65. The van der Waals surface area contributed by atoms with Crippen molar-refractivity contribution in [1.82, 2.24) is 4.90 Å². The Morgan fingerprint density at radius 2 is 1.74 bits per heavy atom. The molecule has 19 heavy (non-hydrogen) atoms. The van der Waals surface area contributed by atoms with Crippen LogP contribution in [0.5, 0.6) is 0 Å². The van der Waals surface area contributed by atoms with Crippen LogP contribution in [0.3, 0.4) is 0 Å². The first kappa shape index (κ1) is 16.0. The minimum absolute atomic E-state index is 0.0150. The predicted molar refractivity (Wildman–Crippen MR) is 84.1 cm³/mol. The maximum absolute atomic E-state index is 12.6. The van der Waals surface area contributed by atoms with Crippen LogP contribution in [-0.4, -0.2) is 23.9 Å². The third kappa shape index (κ3) is 4.86.